The van der Waals surface area contributed by atoms with Crippen LogP contribution in [0, 0.1) is 0 Å². The summed E-state index contributed by atoms with van der Waals surface area (Å²) in [5.74, 6) is 1.39. The molecule has 1 saturated heterocycles. The zero-order valence-corrected chi connectivity index (χ0v) is 24.1. The molecule has 3 aromatic carbocycles. The van der Waals surface area contributed by atoms with Crippen molar-refractivity contribution in [3.8, 4) is 11.5 Å². The van der Waals surface area contributed by atoms with Gasteiger partial charge in [-0.1, -0.05) is 72.8 Å². The van der Waals surface area contributed by atoms with Gasteiger partial charge in [-0.25, -0.2) is 0 Å². The number of fused-ring (bicyclic) bond motifs is 1. The molecule has 11 nitrogen and oxygen atoms in total. The number of carbonyl (C=O) groups is 1. The second kappa shape index (κ2) is 12.0. The predicted octanol–water partition coefficient (Wildman–Crippen LogP) is 2.71. The first kappa shape index (κ1) is 28.5. The van der Waals surface area contributed by atoms with Gasteiger partial charge in [0.25, 0.3) is 5.91 Å². The van der Waals surface area contributed by atoms with Gasteiger partial charge in [0.05, 0.1) is 33.3 Å². The molecule has 0 aromatic heterocycles. The number of aliphatic hydroxyl groups excluding tert-OH is 1. The Hall–Kier alpha value is -4.58. The van der Waals surface area contributed by atoms with Crippen molar-refractivity contribution in [3.05, 3.63) is 95.6 Å². The van der Waals surface area contributed by atoms with Gasteiger partial charge in [-0.2, -0.15) is 4.99 Å². The number of para-hydroxylation sites is 1. The molecule has 0 saturated carbocycles. The topological polar surface area (TPSA) is 127 Å². The average Bonchev–Trinajstić information content (AvgIpc) is 3.65. The highest BCUT2D eigenvalue weighted by molar-refractivity contribution is 6.23. The largest absolute Gasteiger partial charge is 0.493 e. The number of amides is 1. The summed E-state index contributed by atoms with van der Waals surface area (Å²) >= 11 is 0. The van der Waals surface area contributed by atoms with E-state index >= 15 is 0 Å². The minimum absolute atomic E-state index is 0.0326. The number of hydrogen-bond acceptors (Lipinski definition) is 9. The van der Waals surface area contributed by atoms with Crippen LogP contribution in [0.3, 0.4) is 0 Å². The SMILES string of the molecule is CN=C1N=C2C(N=CN2[C@H]2C[C@H](O)[C@@H](COC(c3ccccc3)(c3ccccc3)c3cccc(OC)c3OC)O2)C(=O)N1. The highest BCUT2D eigenvalue weighted by Crippen LogP contribution is 2.47. The van der Waals surface area contributed by atoms with Gasteiger partial charge in [0.2, 0.25) is 5.96 Å². The molecule has 3 aliphatic heterocycles. The molecule has 0 radical (unpaired) electrons. The van der Waals surface area contributed by atoms with E-state index in [4.69, 9.17) is 18.9 Å². The van der Waals surface area contributed by atoms with E-state index in [-0.39, 0.29) is 24.9 Å². The number of methoxy groups -OCH3 is 2. The van der Waals surface area contributed by atoms with Gasteiger partial charge in [-0.05, 0) is 17.2 Å². The van der Waals surface area contributed by atoms with Crippen molar-refractivity contribution in [3.63, 3.8) is 0 Å². The lowest BCUT2D eigenvalue weighted by molar-refractivity contribution is -0.119. The van der Waals surface area contributed by atoms with Crippen LogP contribution in [0.1, 0.15) is 23.1 Å². The van der Waals surface area contributed by atoms with Crippen molar-refractivity contribution in [1.29, 1.82) is 0 Å². The zero-order chi connectivity index (χ0) is 30.0. The third-order valence-electron chi connectivity index (χ3n) is 7.89. The number of aliphatic imine (C=N–C) groups is 3. The number of benzene rings is 3. The monoisotopic (exact) mass is 583 g/mol. The molecule has 2 N–H and O–H groups in total. The Kier molecular flexibility index (Phi) is 7.94. The summed E-state index contributed by atoms with van der Waals surface area (Å²) < 4.78 is 24.9. The molecule has 1 amide bonds. The van der Waals surface area contributed by atoms with Gasteiger partial charge in [-0.3, -0.25) is 25.0 Å². The minimum atomic E-state index is -1.15. The lowest BCUT2D eigenvalue weighted by Crippen LogP contribution is -2.51. The van der Waals surface area contributed by atoms with E-state index in [1.165, 1.54) is 6.34 Å². The molecule has 1 unspecified atom stereocenters. The maximum Gasteiger partial charge on any atom is 0.259 e. The van der Waals surface area contributed by atoms with E-state index in [2.05, 4.69) is 20.3 Å². The van der Waals surface area contributed by atoms with Crippen LogP contribution in [0.4, 0.5) is 0 Å². The van der Waals surface area contributed by atoms with Crippen LogP contribution in [-0.2, 0) is 19.9 Å². The summed E-state index contributed by atoms with van der Waals surface area (Å²) in [4.78, 5) is 26.9. The lowest BCUT2D eigenvalue weighted by atomic mass is 9.79. The van der Waals surface area contributed by atoms with Crippen molar-refractivity contribution in [2.75, 3.05) is 27.9 Å². The van der Waals surface area contributed by atoms with Gasteiger partial charge in [0.1, 0.15) is 17.9 Å². The van der Waals surface area contributed by atoms with E-state index in [0.29, 0.717) is 17.3 Å². The maximum atomic E-state index is 12.5. The van der Waals surface area contributed by atoms with Crippen LogP contribution in [0.2, 0.25) is 0 Å². The summed E-state index contributed by atoms with van der Waals surface area (Å²) in [5.41, 5.74) is 1.31. The zero-order valence-electron chi connectivity index (χ0n) is 24.1. The maximum absolute atomic E-state index is 12.5. The molecule has 3 aliphatic rings. The Balaban J connectivity index is 1.36. The number of aliphatic hydroxyl groups is 1. The summed E-state index contributed by atoms with van der Waals surface area (Å²) in [6.45, 7) is 0.0326. The van der Waals surface area contributed by atoms with Gasteiger partial charge in [0.15, 0.2) is 23.4 Å². The van der Waals surface area contributed by atoms with E-state index in [9.17, 15) is 9.90 Å². The van der Waals surface area contributed by atoms with E-state index in [1.54, 1.807) is 26.2 Å². The van der Waals surface area contributed by atoms with Crippen LogP contribution >= 0.6 is 0 Å². The third kappa shape index (κ3) is 5.05. The van der Waals surface area contributed by atoms with Gasteiger partial charge in [-0.15, -0.1) is 0 Å². The fourth-order valence-corrected chi connectivity index (χ4v) is 5.83. The highest BCUT2D eigenvalue weighted by Gasteiger charge is 2.47. The van der Waals surface area contributed by atoms with Gasteiger partial charge >= 0.3 is 0 Å². The Morgan fingerprint density at radius 2 is 1.72 bits per heavy atom. The number of carbonyl (C=O) groups excluding carboxylic acids is 1. The smallest absolute Gasteiger partial charge is 0.259 e. The second-order valence-electron chi connectivity index (χ2n) is 10.3. The van der Waals surface area contributed by atoms with Gasteiger partial charge < -0.3 is 24.1 Å². The number of amidine groups is 1. The minimum Gasteiger partial charge on any atom is -0.493 e. The summed E-state index contributed by atoms with van der Waals surface area (Å²) in [7, 11) is 4.75. The summed E-state index contributed by atoms with van der Waals surface area (Å²) in [5, 5.41) is 13.8. The molecule has 3 heterocycles. The Bertz CT molecular complexity index is 1520. The molecule has 3 aromatic rings. The number of guanidine groups is 1. The lowest BCUT2D eigenvalue weighted by Gasteiger charge is -2.38. The van der Waals surface area contributed by atoms with Crippen LogP contribution in [0.15, 0.2) is 93.8 Å². The van der Waals surface area contributed by atoms with E-state index < -0.39 is 30.1 Å². The quantitative estimate of drug-likeness (QED) is 0.371. The Labute approximate surface area is 249 Å². The molecular formula is C32H33N5O6. The average molecular weight is 584 g/mol. The fourth-order valence-electron chi connectivity index (χ4n) is 5.83. The second-order valence-corrected chi connectivity index (χ2v) is 10.3. The summed E-state index contributed by atoms with van der Waals surface area (Å²) in [6.07, 6.45) is -0.362. The van der Waals surface area contributed by atoms with Crippen LogP contribution in [0.5, 0.6) is 11.5 Å². The van der Waals surface area contributed by atoms with E-state index in [0.717, 1.165) is 16.7 Å². The van der Waals surface area contributed by atoms with Crippen molar-refractivity contribution < 1.29 is 28.8 Å². The molecule has 0 aliphatic carbocycles. The van der Waals surface area contributed by atoms with E-state index in [1.807, 2.05) is 78.9 Å². The molecule has 222 valence electrons. The number of ether oxygens (including phenoxy) is 4. The molecule has 0 bridgehead atoms. The van der Waals surface area contributed by atoms with Crippen LogP contribution in [-0.4, -0.2) is 86.4 Å². The van der Waals surface area contributed by atoms with Crippen molar-refractivity contribution in [2.45, 2.75) is 36.5 Å². The molecular weight excluding hydrogens is 550 g/mol. The first-order valence-corrected chi connectivity index (χ1v) is 14.0. The molecule has 6 rings (SSSR count). The summed E-state index contributed by atoms with van der Waals surface area (Å²) in [6, 6.07) is 24.6. The number of hydrogen-bond donors (Lipinski definition) is 2. The third-order valence-corrected chi connectivity index (χ3v) is 7.89. The van der Waals surface area contributed by atoms with Crippen molar-refractivity contribution in [1.82, 2.24) is 10.2 Å². The normalized spacial score (nSPS) is 24.1. The Morgan fingerprint density at radius 3 is 2.35 bits per heavy atom. The van der Waals surface area contributed by atoms with Crippen LogP contribution in [0.25, 0.3) is 0 Å². The van der Waals surface area contributed by atoms with Crippen molar-refractivity contribution >= 4 is 24.0 Å². The predicted molar refractivity (Wildman–Crippen MR) is 161 cm³/mol. The first-order valence-electron chi connectivity index (χ1n) is 14.0. The molecule has 11 heteroatoms. The number of rotatable bonds is 9. The molecule has 43 heavy (non-hydrogen) atoms. The first-order chi connectivity index (χ1) is 21.0. The highest BCUT2D eigenvalue weighted by atomic mass is 16.6. The molecule has 1 fully saturated rings. The number of nitrogens with one attached hydrogen (secondary N) is 1. The fraction of sp³-hybridized carbons (Fsp3) is 0.312. The molecule has 4 atom stereocenters. The Morgan fingerprint density at radius 1 is 1.02 bits per heavy atom. The van der Waals surface area contributed by atoms with Crippen molar-refractivity contribution in [2.24, 2.45) is 15.0 Å². The van der Waals surface area contributed by atoms with Crippen LogP contribution < -0.4 is 14.8 Å². The molecule has 0 spiro atoms. The standard InChI is InChI=1S/C32H33N5O6/c1-33-31-35-29-27(30(39)36-31)34-19-37(29)26-17-23(38)25(43-26)18-42-32(20-11-6-4-7-12-20,21-13-8-5-9-14-21)22-15-10-16-24(40-2)28(22)41-3/h4-16,19,23,25-27,38H,17-18H2,1-3H3,(H,33,36,39)/t23-,25+,26+,27?/m0/s1. The number of nitrogens with zero attached hydrogens (tertiary/aromatic N) is 4. The van der Waals surface area contributed by atoms with Gasteiger partial charge in [0, 0.05) is 19.0 Å².